The normalized spacial score (nSPS) is 18.8. The molecule has 1 N–H and O–H groups in total. The fourth-order valence-electron chi connectivity index (χ4n) is 2.94. The van der Waals surface area contributed by atoms with Crippen LogP contribution in [0.3, 0.4) is 0 Å². The van der Waals surface area contributed by atoms with E-state index in [-0.39, 0.29) is 18.5 Å². The highest BCUT2D eigenvalue weighted by Crippen LogP contribution is 2.32. The number of hydrogen-bond donors (Lipinski definition) is 1. The molecule has 0 spiro atoms. The fourth-order valence-corrected chi connectivity index (χ4v) is 5.90. The van der Waals surface area contributed by atoms with Crippen LogP contribution in [0.1, 0.15) is 19.3 Å². The smallest absolute Gasteiger partial charge is 0.252 e. The van der Waals surface area contributed by atoms with Crippen LogP contribution in [-0.4, -0.2) is 42.7 Å². The zero-order valence-electron chi connectivity index (χ0n) is 14.3. The topological polar surface area (TPSA) is 79.4 Å². The Hall–Kier alpha value is -2.03. The molecule has 0 bridgehead atoms. The number of amides is 1. The molecule has 6 nitrogen and oxygen atoms in total. The highest BCUT2D eigenvalue weighted by atomic mass is 32.2. The van der Waals surface area contributed by atoms with Gasteiger partial charge in [-0.3, -0.25) is 9.78 Å². The van der Waals surface area contributed by atoms with Crippen LogP contribution in [0.25, 0.3) is 10.6 Å². The Bertz CT molecular complexity index is 878. The molecule has 0 aromatic carbocycles. The SMILES string of the molecule is C=CC(=O)NC1CCCCN(S(=O)(=O)c2ccc(-c3ccccn3)s2)C1. The Morgan fingerprint density at radius 2 is 2.15 bits per heavy atom. The van der Waals surface area contributed by atoms with Gasteiger partial charge in [-0.05, 0) is 43.2 Å². The van der Waals surface area contributed by atoms with E-state index in [2.05, 4.69) is 16.9 Å². The minimum atomic E-state index is -3.60. The van der Waals surface area contributed by atoms with Crippen molar-refractivity contribution in [1.82, 2.24) is 14.6 Å². The summed E-state index contributed by atoms with van der Waals surface area (Å²) in [6.45, 7) is 4.18. The molecule has 3 rings (SSSR count). The molecule has 1 fully saturated rings. The number of nitrogens with zero attached hydrogens (tertiary/aromatic N) is 2. The Morgan fingerprint density at radius 3 is 2.88 bits per heavy atom. The van der Waals surface area contributed by atoms with Gasteiger partial charge < -0.3 is 5.32 Å². The molecule has 1 saturated heterocycles. The average Bonchev–Trinajstić information content (AvgIpc) is 3.04. The van der Waals surface area contributed by atoms with Gasteiger partial charge in [0.15, 0.2) is 0 Å². The van der Waals surface area contributed by atoms with Crippen molar-refractivity contribution in [2.45, 2.75) is 29.5 Å². The lowest BCUT2D eigenvalue weighted by molar-refractivity contribution is -0.117. The number of carbonyl (C=O) groups is 1. The summed E-state index contributed by atoms with van der Waals surface area (Å²) in [5.41, 5.74) is 0.755. The maximum absolute atomic E-state index is 13.1. The highest BCUT2D eigenvalue weighted by Gasteiger charge is 2.30. The largest absolute Gasteiger partial charge is 0.349 e. The third-order valence-corrected chi connectivity index (χ3v) is 7.70. The molecule has 26 heavy (non-hydrogen) atoms. The summed E-state index contributed by atoms with van der Waals surface area (Å²) in [4.78, 5) is 16.7. The van der Waals surface area contributed by atoms with E-state index in [1.165, 1.54) is 21.7 Å². The van der Waals surface area contributed by atoms with E-state index < -0.39 is 10.0 Å². The summed E-state index contributed by atoms with van der Waals surface area (Å²) in [7, 11) is -3.60. The van der Waals surface area contributed by atoms with E-state index >= 15 is 0 Å². The maximum Gasteiger partial charge on any atom is 0.252 e. The molecule has 1 atom stereocenters. The number of hydrogen-bond acceptors (Lipinski definition) is 5. The van der Waals surface area contributed by atoms with Crippen molar-refractivity contribution in [3.05, 3.63) is 49.2 Å². The molecule has 138 valence electrons. The first-order valence-corrected chi connectivity index (χ1v) is 10.7. The second kappa shape index (κ2) is 8.11. The molecule has 2 aromatic heterocycles. The van der Waals surface area contributed by atoms with Crippen LogP contribution in [0.15, 0.2) is 53.4 Å². The van der Waals surface area contributed by atoms with Crippen LogP contribution in [0.4, 0.5) is 0 Å². The number of thiophene rings is 1. The summed E-state index contributed by atoms with van der Waals surface area (Å²) >= 11 is 1.22. The number of carbonyl (C=O) groups excluding carboxylic acids is 1. The van der Waals surface area contributed by atoms with E-state index in [0.29, 0.717) is 10.8 Å². The molecule has 1 aliphatic rings. The first-order valence-electron chi connectivity index (χ1n) is 8.45. The fraction of sp³-hybridized carbons (Fsp3) is 0.333. The zero-order chi connectivity index (χ0) is 18.6. The van der Waals surface area contributed by atoms with Crippen molar-refractivity contribution in [3.8, 4) is 10.6 Å². The van der Waals surface area contributed by atoms with E-state index in [4.69, 9.17) is 0 Å². The first kappa shape index (κ1) is 18.8. The molecule has 1 amide bonds. The number of pyridine rings is 1. The Kier molecular flexibility index (Phi) is 5.85. The number of sulfonamides is 1. The second-order valence-corrected chi connectivity index (χ2v) is 9.35. The minimum absolute atomic E-state index is 0.201. The first-order chi connectivity index (χ1) is 12.5. The molecule has 2 aromatic rings. The number of aromatic nitrogens is 1. The molecular weight excluding hydrogens is 370 g/mol. The molecule has 3 heterocycles. The minimum Gasteiger partial charge on any atom is -0.349 e. The van der Waals surface area contributed by atoms with Crippen LogP contribution in [0, 0.1) is 0 Å². The molecule has 1 unspecified atom stereocenters. The van der Waals surface area contributed by atoms with Gasteiger partial charge in [0.25, 0.3) is 10.0 Å². The van der Waals surface area contributed by atoms with E-state index in [9.17, 15) is 13.2 Å². The zero-order valence-corrected chi connectivity index (χ0v) is 15.9. The standard InChI is InChI=1S/C18H21N3O3S2/c1-2-17(22)20-14-7-4-6-12-21(13-14)26(23,24)18-10-9-16(25-18)15-8-3-5-11-19-15/h2-3,5,8-11,14H,1,4,6-7,12-13H2,(H,20,22). The van der Waals surface area contributed by atoms with Crippen molar-refractivity contribution in [3.63, 3.8) is 0 Å². The Labute approximate surface area is 157 Å². The van der Waals surface area contributed by atoms with Gasteiger partial charge in [-0.15, -0.1) is 11.3 Å². The molecular formula is C18H21N3O3S2. The average molecular weight is 392 g/mol. The van der Waals surface area contributed by atoms with Crippen LogP contribution in [0.5, 0.6) is 0 Å². The predicted octanol–water partition coefficient (Wildman–Crippen LogP) is 2.66. The monoisotopic (exact) mass is 391 g/mol. The quantitative estimate of drug-likeness (QED) is 0.795. The van der Waals surface area contributed by atoms with Gasteiger partial charge in [0.1, 0.15) is 4.21 Å². The van der Waals surface area contributed by atoms with E-state index in [1.54, 1.807) is 18.3 Å². The van der Waals surface area contributed by atoms with Gasteiger partial charge in [0.05, 0.1) is 10.6 Å². The maximum atomic E-state index is 13.1. The third kappa shape index (κ3) is 4.20. The van der Waals surface area contributed by atoms with Crippen LogP contribution in [-0.2, 0) is 14.8 Å². The Morgan fingerprint density at radius 1 is 1.31 bits per heavy atom. The summed E-state index contributed by atoms with van der Waals surface area (Å²) in [5, 5.41) is 2.82. The number of rotatable bonds is 5. The lowest BCUT2D eigenvalue weighted by Crippen LogP contribution is -2.44. The van der Waals surface area contributed by atoms with Crippen molar-refractivity contribution in [2.24, 2.45) is 0 Å². The second-order valence-electron chi connectivity index (χ2n) is 6.10. The van der Waals surface area contributed by atoms with Crippen LogP contribution in [0.2, 0.25) is 0 Å². The summed E-state index contributed by atoms with van der Waals surface area (Å²) in [6, 6.07) is 8.77. The van der Waals surface area contributed by atoms with Gasteiger partial charge in [0.2, 0.25) is 5.91 Å². The Balaban J connectivity index is 1.81. The molecule has 0 radical (unpaired) electrons. The lowest BCUT2D eigenvalue weighted by Gasteiger charge is -2.23. The van der Waals surface area contributed by atoms with Crippen molar-refractivity contribution in [1.29, 1.82) is 0 Å². The molecule has 1 aliphatic heterocycles. The van der Waals surface area contributed by atoms with Gasteiger partial charge >= 0.3 is 0 Å². The number of nitrogens with one attached hydrogen (secondary N) is 1. The van der Waals surface area contributed by atoms with Gasteiger partial charge in [0, 0.05) is 25.3 Å². The van der Waals surface area contributed by atoms with Crippen LogP contribution < -0.4 is 5.32 Å². The third-order valence-electron chi connectivity index (χ3n) is 4.26. The van der Waals surface area contributed by atoms with Gasteiger partial charge in [-0.25, -0.2) is 8.42 Å². The molecule has 0 aliphatic carbocycles. The summed E-state index contributed by atoms with van der Waals surface area (Å²) in [5.74, 6) is -0.275. The van der Waals surface area contributed by atoms with Crippen molar-refractivity contribution in [2.75, 3.05) is 13.1 Å². The predicted molar refractivity (Wildman–Crippen MR) is 102 cm³/mol. The van der Waals surface area contributed by atoms with Crippen molar-refractivity contribution < 1.29 is 13.2 Å². The summed E-state index contributed by atoms with van der Waals surface area (Å²) in [6.07, 6.45) is 5.30. The summed E-state index contributed by atoms with van der Waals surface area (Å²) < 4.78 is 27.9. The van der Waals surface area contributed by atoms with Gasteiger partial charge in [-0.1, -0.05) is 19.1 Å². The molecule has 8 heteroatoms. The van der Waals surface area contributed by atoms with Crippen LogP contribution >= 0.6 is 11.3 Å². The lowest BCUT2D eigenvalue weighted by atomic mass is 10.1. The van der Waals surface area contributed by atoms with Crippen molar-refractivity contribution >= 4 is 27.3 Å². The van der Waals surface area contributed by atoms with E-state index in [1.807, 2.05) is 18.2 Å². The highest BCUT2D eigenvalue weighted by molar-refractivity contribution is 7.91. The molecule has 0 saturated carbocycles. The van der Waals surface area contributed by atoms with E-state index in [0.717, 1.165) is 29.8 Å². The van der Waals surface area contributed by atoms with Gasteiger partial charge in [-0.2, -0.15) is 4.31 Å².